The fourth-order valence-electron chi connectivity index (χ4n) is 6.16. The number of esters is 1. The van der Waals surface area contributed by atoms with Gasteiger partial charge in [-0.2, -0.15) is 0 Å². The third kappa shape index (κ3) is 6.14. The molecular formula is C31H40FIN3O4-. The zero-order chi connectivity index (χ0) is 27.8. The van der Waals surface area contributed by atoms with Gasteiger partial charge in [-0.3, -0.25) is 14.2 Å². The normalized spacial score (nSPS) is 21.1. The molecule has 0 unspecified atom stereocenters. The van der Waals surface area contributed by atoms with Crippen molar-refractivity contribution in [2.45, 2.75) is 104 Å². The number of carbonyl (C=O) groups is 1. The highest BCUT2D eigenvalue weighted by Crippen LogP contribution is 2.47. The maximum absolute atomic E-state index is 13.7. The van der Waals surface area contributed by atoms with Crippen molar-refractivity contribution in [1.29, 1.82) is 0 Å². The molecule has 2 aliphatic rings. The van der Waals surface area contributed by atoms with E-state index < -0.39 is 5.41 Å². The van der Waals surface area contributed by atoms with Crippen molar-refractivity contribution in [2.24, 2.45) is 10.8 Å². The van der Waals surface area contributed by atoms with Crippen LogP contribution in [0.3, 0.4) is 0 Å². The number of benzene rings is 1. The molecule has 1 fully saturated rings. The summed E-state index contributed by atoms with van der Waals surface area (Å²) in [5.74, 6) is 0.568. The molecule has 218 valence electrons. The Hall–Kier alpha value is -2.30. The average molecular weight is 665 g/mol. The van der Waals surface area contributed by atoms with Gasteiger partial charge in [0.1, 0.15) is 11.6 Å². The maximum atomic E-state index is 13.7. The number of aromatic nitrogens is 3. The van der Waals surface area contributed by atoms with Gasteiger partial charge in [-0.1, -0.05) is 12.1 Å². The van der Waals surface area contributed by atoms with Crippen LogP contribution in [0.2, 0.25) is 0 Å². The molecule has 0 N–H and O–H groups in total. The Kier molecular flexibility index (Phi) is 9.42. The van der Waals surface area contributed by atoms with E-state index in [1.807, 2.05) is 32.3 Å². The molecule has 1 saturated carbocycles. The molecule has 0 radical (unpaired) electrons. The quantitative estimate of drug-likeness (QED) is 0.271. The summed E-state index contributed by atoms with van der Waals surface area (Å²) in [6, 6.07) is 4.56. The summed E-state index contributed by atoms with van der Waals surface area (Å²) >= 11 is 0. The minimum atomic E-state index is -0.537. The highest BCUT2D eigenvalue weighted by Gasteiger charge is 2.40. The highest BCUT2D eigenvalue weighted by atomic mass is 127. The fraction of sp³-hybridized carbons (Fsp3) is 0.613. The lowest BCUT2D eigenvalue weighted by atomic mass is 9.67. The summed E-state index contributed by atoms with van der Waals surface area (Å²) in [5, 5.41) is 5.16. The predicted molar refractivity (Wildman–Crippen MR) is 147 cm³/mol. The largest absolute Gasteiger partial charge is 1.00 e. The van der Waals surface area contributed by atoms with E-state index in [-0.39, 0.29) is 52.7 Å². The summed E-state index contributed by atoms with van der Waals surface area (Å²) in [4.78, 5) is 31.1. The highest BCUT2D eigenvalue weighted by molar-refractivity contribution is 5.80. The third-order valence-corrected chi connectivity index (χ3v) is 9.33. The van der Waals surface area contributed by atoms with Gasteiger partial charge in [-0.15, -0.1) is 0 Å². The summed E-state index contributed by atoms with van der Waals surface area (Å²) in [6.07, 6.45) is 8.40. The molecule has 0 spiro atoms. The van der Waals surface area contributed by atoms with Crippen molar-refractivity contribution in [3.63, 3.8) is 0 Å². The van der Waals surface area contributed by atoms with Crippen LogP contribution in [0, 0.1) is 23.6 Å². The van der Waals surface area contributed by atoms with Crippen molar-refractivity contribution in [3.8, 4) is 0 Å². The molecule has 3 heterocycles. The molecule has 0 saturated heterocycles. The van der Waals surface area contributed by atoms with Crippen LogP contribution in [0.5, 0.6) is 0 Å². The third-order valence-electron chi connectivity index (χ3n) is 9.33. The zero-order valence-corrected chi connectivity index (χ0v) is 26.2. The van der Waals surface area contributed by atoms with E-state index in [2.05, 4.69) is 5.16 Å². The minimum absolute atomic E-state index is 0. The predicted octanol–water partition coefficient (Wildman–Crippen LogP) is 3.43. The first kappa shape index (κ1) is 30.7. The second-order valence-electron chi connectivity index (χ2n) is 12.3. The Balaban J connectivity index is 0.00000370. The van der Waals surface area contributed by atoms with Crippen LogP contribution in [0.1, 0.15) is 101 Å². The number of fused-ring (bicyclic) bond motifs is 2. The van der Waals surface area contributed by atoms with Gasteiger partial charge in [0, 0.05) is 47.0 Å². The van der Waals surface area contributed by atoms with Gasteiger partial charge in [-0.05, 0) is 90.7 Å². The molecule has 1 aliphatic heterocycles. The van der Waals surface area contributed by atoms with Gasteiger partial charge in [0.25, 0.3) is 5.56 Å². The molecule has 9 heteroatoms. The first-order valence-corrected chi connectivity index (χ1v) is 14.4. The number of aryl methyl sites for hydroxylation is 2. The van der Waals surface area contributed by atoms with Gasteiger partial charge in [0.15, 0.2) is 5.58 Å². The standard InChI is InChI=1S/C31H40FN3O4.HI/c1-5-30(3,4)29(37)38-19-31(16-13-23-20(2)33-26-8-6-7-17-35(26)28(23)36)14-11-21(12-15-31)27-24-10-9-22(32)18-25(24)39-34-27;/h9-10,18,21H,5-8,11-17,19H2,1-4H3;1H/p-1. The van der Waals surface area contributed by atoms with E-state index in [0.717, 1.165) is 86.1 Å². The first-order valence-electron chi connectivity index (χ1n) is 14.4. The van der Waals surface area contributed by atoms with Crippen molar-refractivity contribution in [3.05, 3.63) is 57.1 Å². The topological polar surface area (TPSA) is 87.2 Å². The lowest BCUT2D eigenvalue weighted by Crippen LogP contribution is -3.00. The van der Waals surface area contributed by atoms with Gasteiger partial charge in [-0.25, -0.2) is 9.37 Å². The molecule has 0 bridgehead atoms. The van der Waals surface area contributed by atoms with E-state index in [4.69, 9.17) is 14.2 Å². The molecule has 40 heavy (non-hydrogen) atoms. The minimum Gasteiger partial charge on any atom is -1.00 e. The van der Waals surface area contributed by atoms with Gasteiger partial charge in [0.2, 0.25) is 0 Å². The van der Waals surface area contributed by atoms with E-state index >= 15 is 0 Å². The van der Waals surface area contributed by atoms with Gasteiger partial charge < -0.3 is 33.2 Å². The molecule has 0 amide bonds. The molecule has 0 atom stereocenters. The Bertz CT molecular complexity index is 1420. The molecule has 1 aliphatic carbocycles. The molecule has 2 aromatic heterocycles. The number of nitrogens with zero attached hydrogens (tertiary/aromatic N) is 3. The number of ether oxygens (including phenoxy) is 1. The summed E-state index contributed by atoms with van der Waals surface area (Å²) in [5.41, 5.74) is 2.26. The van der Waals surface area contributed by atoms with Crippen molar-refractivity contribution in [2.75, 3.05) is 6.61 Å². The lowest BCUT2D eigenvalue weighted by Gasteiger charge is -2.40. The van der Waals surface area contributed by atoms with E-state index in [1.54, 1.807) is 6.07 Å². The van der Waals surface area contributed by atoms with Crippen LogP contribution in [-0.4, -0.2) is 27.3 Å². The zero-order valence-electron chi connectivity index (χ0n) is 24.0. The van der Waals surface area contributed by atoms with Crippen LogP contribution in [0.4, 0.5) is 4.39 Å². The van der Waals surface area contributed by atoms with Crippen LogP contribution in [0.15, 0.2) is 27.5 Å². The lowest BCUT2D eigenvalue weighted by molar-refractivity contribution is -0.159. The van der Waals surface area contributed by atoms with Crippen LogP contribution in [-0.2, 0) is 28.9 Å². The fourth-order valence-corrected chi connectivity index (χ4v) is 6.16. The van der Waals surface area contributed by atoms with Crippen molar-refractivity contribution < 1.29 is 42.4 Å². The SMILES string of the molecule is CCC(C)(C)C(=O)OCC1(CCc2c(C)nc3n(c2=O)CCCC3)CCC(c2noc3cc(F)ccc23)CC1.[I-]. The van der Waals surface area contributed by atoms with E-state index in [1.165, 1.54) is 12.1 Å². The monoisotopic (exact) mass is 664 g/mol. The molecule has 7 nitrogen and oxygen atoms in total. The van der Waals surface area contributed by atoms with E-state index in [0.29, 0.717) is 25.0 Å². The summed E-state index contributed by atoms with van der Waals surface area (Å²) < 4.78 is 26.9. The molecular weight excluding hydrogens is 624 g/mol. The molecule has 5 rings (SSSR count). The van der Waals surface area contributed by atoms with Gasteiger partial charge >= 0.3 is 5.97 Å². The van der Waals surface area contributed by atoms with Crippen LogP contribution < -0.4 is 29.5 Å². The number of rotatable bonds is 8. The van der Waals surface area contributed by atoms with Crippen molar-refractivity contribution in [1.82, 2.24) is 14.7 Å². The average Bonchev–Trinajstić information content (AvgIpc) is 3.35. The Morgan fingerprint density at radius 1 is 1.25 bits per heavy atom. The number of carbonyl (C=O) groups excluding carboxylic acids is 1. The summed E-state index contributed by atoms with van der Waals surface area (Å²) in [7, 11) is 0. The Morgan fingerprint density at radius 3 is 2.73 bits per heavy atom. The number of hydrogen-bond donors (Lipinski definition) is 0. The Morgan fingerprint density at radius 2 is 2.00 bits per heavy atom. The van der Waals surface area contributed by atoms with Crippen LogP contribution >= 0.6 is 0 Å². The van der Waals surface area contributed by atoms with E-state index in [9.17, 15) is 14.0 Å². The Labute approximate surface area is 252 Å². The van der Waals surface area contributed by atoms with Crippen molar-refractivity contribution >= 4 is 16.9 Å². The summed E-state index contributed by atoms with van der Waals surface area (Å²) in [6.45, 7) is 8.85. The molecule has 1 aromatic carbocycles. The van der Waals surface area contributed by atoms with Gasteiger partial charge in [0.05, 0.1) is 17.7 Å². The second kappa shape index (κ2) is 12.3. The first-order chi connectivity index (χ1) is 18.6. The maximum Gasteiger partial charge on any atom is 0.311 e. The number of halogens is 2. The smallest absolute Gasteiger partial charge is 0.311 e. The molecule has 3 aromatic rings. The van der Waals surface area contributed by atoms with Crippen LogP contribution in [0.25, 0.3) is 11.0 Å². The second-order valence-corrected chi connectivity index (χ2v) is 12.3. The number of hydrogen-bond acceptors (Lipinski definition) is 6.